The topological polar surface area (TPSA) is 41.0 Å². The van der Waals surface area contributed by atoms with E-state index in [1.165, 1.54) is 25.2 Å². The number of aromatic nitrogens is 2. The second-order valence-corrected chi connectivity index (χ2v) is 4.35. The van der Waals surface area contributed by atoms with Crippen LogP contribution in [0, 0.1) is 11.9 Å². The van der Waals surface area contributed by atoms with Crippen molar-refractivity contribution < 1.29 is 4.39 Å². The fraction of sp³-hybridized carbons (Fsp3) is 0.636. The third-order valence-electron chi connectivity index (χ3n) is 3.04. The van der Waals surface area contributed by atoms with Gasteiger partial charge in [-0.15, -0.1) is 0 Å². The van der Waals surface area contributed by atoms with E-state index in [2.05, 4.69) is 27.2 Å². The second kappa shape index (κ2) is 5.21. The summed E-state index contributed by atoms with van der Waals surface area (Å²) in [6.07, 6.45) is 3.63. The zero-order chi connectivity index (χ0) is 11.4. The van der Waals surface area contributed by atoms with Crippen molar-refractivity contribution >= 4 is 5.82 Å². The Balaban J connectivity index is 1.79. The maximum absolute atomic E-state index is 12.8. The summed E-state index contributed by atoms with van der Waals surface area (Å²) in [7, 11) is 2.14. The number of hydrogen-bond donors (Lipinski definition) is 1. The Morgan fingerprint density at radius 3 is 2.88 bits per heavy atom. The van der Waals surface area contributed by atoms with Gasteiger partial charge in [-0.3, -0.25) is 0 Å². The van der Waals surface area contributed by atoms with Gasteiger partial charge in [0.15, 0.2) is 0 Å². The van der Waals surface area contributed by atoms with Gasteiger partial charge in [-0.2, -0.15) is 4.39 Å². The molecule has 0 bridgehead atoms. The van der Waals surface area contributed by atoms with E-state index in [9.17, 15) is 4.39 Å². The maximum atomic E-state index is 12.8. The van der Waals surface area contributed by atoms with Crippen LogP contribution in [-0.4, -0.2) is 41.5 Å². The predicted molar refractivity (Wildman–Crippen MR) is 60.7 cm³/mol. The first-order chi connectivity index (χ1) is 7.74. The Labute approximate surface area is 94.9 Å². The van der Waals surface area contributed by atoms with Crippen molar-refractivity contribution in [3.8, 4) is 0 Å². The van der Waals surface area contributed by atoms with Crippen LogP contribution in [-0.2, 0) is 0 Å². The van der Waals surface area contributed by atoms with Crippen molar-refractivity contribution in [3.05, 3.63) is 18.3 Å². The number of likely N-dealkylation sites (tertiary alicyclic amines) is 1. The molecule has 0 aliphatic carbocycles. The molecule has 0 radical (unpaired) electrons. The van der Waals surface area contributed by atoms with Gasteiger partial charge in [0.05, 0.1) is 0 Å². The predicted octanol–water partition coefficient (Wildman–Crippen LogP) is 1.37. The molecular weight excluding hydrogens is 207 g/mol. The lowest BCUT2D eigenvalue weighted by Crippen LogP contribution is -2.33. The summed E-state index contributed by atoms with van der Waals surface area (Å²) in [6, 6.07) is 1.33. The quantitative estimate of drug-likeness (QED) is 0.787. The van der Waals surface area contributed by atoms with Gasteiger partial charge in [0.2, 0.25) is 5.95 Å². The number of anilines is 1. The molecule has 0 aromatic carbocycles. The molecule has 2 rings (SSSR count). The molecule has 1 N–H and O–H groups in total. The molecule has 1 aromatic rings. The fourth-order valence-electron chi connectivity index (χ4n) is 1.95. The maximum Gasteiger partial charge on any atom is 0.217 e. The minimum atomic E-state index is -0.485. The van der Waals surface area contributed by atoms with Crippen LogP contribution >= 0.6 is 0 Å². The first kappa shape index (κ1) is 11.3. The minimum absolute atomic E-state index is 0.485. The highest BCUT2D eigenvalue weighted by Crippen LogP contribution is 2.16. The second-order valence-electron chi connectivity index (χ2n) is 4.35. The third-order valence-corrected chi connectivity index (χ3v) is 3.04. The standard InChI is InChI=1S/C11H17FN4/c1-16-4-2-9(3-5-16)7-13-11-6-10(12)14-8-15-11/h6,8-9H,2-5,7H2,1H3,(H,13,14,15). The van der Waals surface area contributed by atoms with Crippen molar-refractivity contribution in [3.63, 3.8) is 0 Å². The highest BCUT2D eigenvalue weighted by atomic mass is 19.1. The molecule has 1 saturated heterocycles. The smallest absolute Gasteiger partial charge is 0.217 e. The molecule has 2 heterocycles. The summed E-state index contributed by atoms with van der Waals surface area (Å²) in [5, 5.41) is 3.16. The van der Waals surface area contributed by atoms with Gasteiger partial charge >= 0.3 is 0 Å². The van der Waals surface area contributed by atoms with Gasteiger partial charge < -0.3 is 10.2 Å². The summed E-state index contributed by atoms with van der Waals surface area (Å²) < 4.78 is 12.8. The molecule has 0 unspecified atom stereocenters. The van der Waals surface area contributed by atoms with Crippen molar-refractivity contribution in [2.75, 3.05) is 32.0 Å². The molecule has 1 aliphatic rings. The van der Waals surface area contributed by atoms with E-state index in [0.29, 0.717) is 11.7 Å². The molecule has 0 atom stereocenters. The molecule has 1 fully saturated rings. The highest BCUT2D eigenvalue weighted by Gasteiger charge is 2.16. The Bertz CT molecular complexity index is 337. The average Bonchev–Trinajstić information content (AvgIpc) is 2.28. The van der Waals surface area contributed by atoms with E-state index in [1.54, 1.807) is 0 Å². The lowest BCUT2D eigenvalue weighted by Gasteiger charge is -2.29. The van der Waals surface area contributed by atoms with Gasteiger partial charge in [-0.1, -0.05) is 0 Å². The highest BCUT2D eigenvalue weighted by molar-refractivity contribution is 5.31. The molecule has 1 aliphatic heterocycles. The number of piperidine rings is 1. The molecule has 4 nitrogen and oxygen atoms in total. The normalized spacial score (nSPS) is 18.6. The summed E-state index contributed by atoms with van der Waals surface area (Å²) in [6.45, 7) is 3.15. The van der Waals surface area contributed by atoms with Crippen molar-refractivity contribution in [1.29, 1.82) is 0 Å². The fourth-order valence-corrected chi connectivity index (χ4v) is 1.95. The molecular formula is C11H17FN4. The van der Waals surface area contributed by atoms with Gasteiger partial charge in [-0.25, -0.2) is 9.97 Å². The average molecular weight is 224 g/mol. The van der Waals surface area contributed by atoms with Crippen LogP contribution < -0.4 is 5.32 Å². The van der Waals surface area contributed by atoms with Gasteiger partial charge in [0.1, 0.15) is 12.1 Å². The van der Waals surface area contributed by atoms with E-state index in [1.807, 2.05) is 0 Å². The zero-order valence-electron chi connectivity index (χ0n) is 9.49. The summed E-state index contributed by atoms with van der Waals surface area (Å²) in [4.78, 5) is 9.72. The number of hydrogen-bond acceptors (Lipinski definition) is 4. The van der Waals surface area contributed by atoms with Crippen LogP contribution in [0.15, 0.2) is 12.4 Å². The summed E-state index contributed by atoms with van der Waals surface area (Å²) in [5.74, 6) is 0.751. The monoisotopic (exact) mass is 224 g/mol. The number of halogens is 1. The molecule has 5 heteroatoms. The van der Waals surface area contributed by atoms with E-state index >= 15 is 0 Å². The van der Waals surface area contributed by atoms with Gasteiger partial charge in [0, 0.05) is 12.6 Å². The van der Waals surface area contributed by atoms with Gasteiger partial charge in [0.25, 0.3) is 0 Å². The Morgan fingerprint density at radius 2 is 2.19 bits per heavy atom. The van der Waals surface area contributed by atoms with Crippen molar-refractivity contribution in [1.82, 2.24) is 14.9 Å². The SMILES string of the molecule is CN1CCC(CNc2cc(F)ncn2)CC1. The Kier molecular flexibility index (Phi) is 3.66. The van der Waals surface area contributed by atoms with Crippen LogP contribution in [0.5, 0.6) is 0 Å². The Morgan fingerprint density at radius 1 is 1.44 bits per heavy atom. The molecule has 1 aromatic heterocycles. The number of nitrogens with one attached hydrogen (secondary N) is 1. The molecule has 16 heavy (non-hydrogen) atoms. The van der Waals surface area contributed by atoms with Crippen LogP contribution in [0.1, 0.15) is 12.8 Å². The van der Waals surface area contributed by atoms with Crippen LogP contribution in [0.25, 0.3) is 0 Å². The van der Waals surface area contributed by atoms with Crippen LogP contribution in [0.2, 0.25) is 0 Å². The van der Waals surface area contributed by atoms with Gasteiger partial charge in [-0.05, 0) is 38.9 Å². The molecule has 0 amide bonds. The minimum Gasteiger partial charge on any atom is -0.370 e. The lowest BCUT2D eigenvalue weighted by molar-refractivity contribution is 0.226. The first-order valence-electron chi connectivity index (χ1n) is 5.64. The summed E-state index contributed by atoms with van der Waals surface area (Å²) >= 11 is 0. The van der Waals surface area contributed by atoms with E-state index in [0.717, 1.165) is 19.6 Å². The van der Waals surface area contributed by atoms with E-state index in [4.69, 9.17) is 0 Å². The van der Waals surface area contributed by atoms with Crippen LogP contribution in [0.4, 0.5) is 10.2 Å². The van der Waals surface area contributed by atoms with Crippen molar-refractivity contribution in [2.24, 2.45) is 5.92 Å². The van der Waals surface area contributed by atoms with E-state index < -0.39 is 5.95 Å². The summed E-state index contributed by atoms with van der Waals surface area (Å²) in [5.41, 5.74) is 0. The molecule has 0 saturated carbocycles. The number of rotatable bonds is 3. The largest absolute Gasteiger partial charge is 0.370 e. The van der Waals surface area contributed by atoms with Crippen LogP contribution in [0.3, 0.4) is 0 Å². The zero-order valence-corrected chi connectivity index (χ0v) is 9.49. The molecule has 88 valence electrons. The van der Waals surface area contributed by atoms with Crippen molar-refractivity contribution in [2.45, 2.75) is 12.8 Å². The molecule has 0 spiro atoms. The Hall–Kier alpha value is -1.23. The third kappa shape index (κ3) is 3.13. The first-order valence-corrected chi connectivity index (χ1v) is 5.64. The number of nitrogens with zero attached hydrogens (tertiary/aromatic N) is 3. The lowest BCUT2D eigenvalue weighted by atomic mass is 9.97. The van der Waals surface area contributed by atoms with E-state index in [-0.39, 0.29) is 0 Å².